The second kappa shape index (κ2) is 6.02. The lowest BCUT2D eigenvalue weighted by molar-refractivity contribution is 0.468. The van der Waals surface area contributed by atoms with Crippen LogP contribution < -0.4 is 10.6 Å². The maximum absolute atomic E-state index is 3.68. The number of aryl methyl sites for hydroxylation is 1. The van der Waals surface area contributed by atoms with Gasteiger partial charge >= 0.3 is 0 Å². The van der Waals surface area contributed by atoms with Gasteiger partial charge in [-0.15, -0.1) is 0 Å². The van der Waals surface area contributed by atoms with Crippen LogP contribution in [-0.2, 0) is 6.54 Å². The number of hydrogen-bond donors (Lipinski definition) is 2. The molecule has 2 nitrogen and oxygen atoms in total. The Morgan fingerprint density at radius 3 is 3.00 bits per heavy atom. The zero-order valence-electron chi connectivity index (χ0n) is 10.1. The predicted molar refractivity (Wildman–Crippen MR) is 68.5 cm³/mol. The third-order valence-electron chi connectivity index (χ3n) is 3.42. The van der Waals surface area contributed by atoms with Crippen LogP contribution in [0, 0.1) is 6.92 Å². The standard InChI is InChI=1S/C14H22N2/c1-12-5-2-3-6-13(12)11-16-14-7-4-9-15-10-8-14/h2-3,5-6,14-16H,4,7-11H2,1H3. The molecule has 2 N–H and O–H groups in total. The SMILES string of the molecule is Cc1ccccc1CNC1CCCNCC1. The minimum absolute atomic E-state index is 0.689. The molecular weight excluding hydrogens is 196 g/mol. The molecular formula is C14H22N2. The second-order valence-electron chi connectivity index (χ2n) is 4.69. The van der Waals surface area contributed by atoms with Crippen molar-refractivity contribution in [1.82, 2.24) is 10.6 Å². The Hall–Kier alpha value is -0.860. The number of hydrogen-bond acceptors (Lipinski definition) is 2. The molecule has 16 heavy (non-hydrogen) atoms. The molecule has 1 unspecified atom stereocenters. The van der Waals surface area contributed by atoms with Crippen molar-refractivity contribution < 1.29 is 0 Å². The fourth-order valence-electron chi connectivity index (χ4n) is 2.29. The lowest BCUT2D eigenvalue weighted by atomic mass is 10.1. The summed E-state index contributed by atoms with van der Waals surface area (Å²) < 4.78 is 0. The van der Waals surface area contributed by atoms with Crippen LogP contribution in [0.5, 0.6) is 0 Å². The molecule has 0 radical (unpaired) electrons. The van der Waals surface area contributed by atoms with E-state index < -0.39 is 0 Å². The molecule has 0 aliphatic carbocycles. The topological polar surface area (TPSA) is 24.1 Å². The second-order valence-corrected chi connectivity index (χ2v) is 4.69. The molecule has 1 heterocycles. The van der Waals surface area contributed by atoms with Gasteiger partial charge in [0.2, 0.25) is 0 Å². The van der Waals surface area contributed by atoms with Crippen LogP contribution >= 0.6 is 0 Å². The van der Waals surface area contributed by atoms with Gasteiger partial charge in [-0.2, -0.15) is 0 Å². The summed E-state index contributed by atoms with van der Waals surface area (Å²) in [5.74, 6) is 0. The highest BCUT2D eigenvalue weighted by molar-refractivity contribution is 5.25. The fraction of sp³-hybridized carbons (Fsp3) is 0.571. The van der Waals surface area contributed by atoms with Crippen molar-refractivity contribution in [3.05, 3.63) is 35.4 Å². The summed E-state index contributed by atoms with van der Waals surface area (Å²) in [6.07, 6.45) is 3.86. The molecule has 0 aromatic heterocycles. The molecule has 1 aliphatic heterocycles. The van der Waals surface area contributed by atoms with E-state index in [0.29, 0.717) is 6.04 Å². The first-order valence-electron chi connectivity index (χ1n) is 6.35. The van der Waals surface area contributed by atoms with Gasteiger partial charge in [0, 0.05) is 12.6 Å². The Morgan fingerprint density at radius 2 is 2.12 bits per heavy atom. The number of nitrogens with one attached hydrogen (secondary N) is 2. The molecule has 0 amide bonds. The highest BCUT2D eigenvalue weighted by Gasteiger charge is 2.10. The molecule has 1 atom stereocenters. The van der Waals surface area contributed by atoms with Crippen LogP contribution in [-0.4, -0.2) is 19.1 Å². The van der Waals surface area contributed by atoms with Crippen LogP contribution in [0.2, 0.25) is 0 Å². The van der Waals surface area contributed by atoms with E-state index in [4.69, 9.17) is 0 Å². The first-order valence-corrected chi connectivity index (χ1v) is 6.35. The van der Waals surface area contributed by atoms with Gasteiger partial charge < -0.3 is 10.6 Å². The summed E-state index contributed by atoms with van der Waals surface area (Å²) in [4.78, 5) is 0. The van der Waals surface area contributed by atoms with Gasteiger partial charge in [0.05, 0.1) is 0 Å². The summed E-state index contributed by atoms with van der Waals surface area (Å²) >= 11 is 0. The van der Waals surface area contributed by atoms with E-state index in [1.54, 1.807) is 0 Å². The van der Waals surface area contributed by atoms with E-state index in [0.717, 1.165) is 13.1 Å². The van der Waals surface area contributed by atoms with Gasteiger partial charge in [0.25, 0.3) is 0 Å². The summed E-state index contributed by atoms with van der Waals surface area (Å²) in [6.45, 7) is 5.54. The predicted octanol–water partition coefficient (Wildman–Crippen LogP) is 2.23. The van der Waals surface area contributed by atoms with Gasteiger partial charge in [-0.25, -0.2) is 0 Å². The van der Waals surface area contributed by atoms with Gasteiger partial charge in [0.1, 0.15) is 0 Å². The smallest absolute Gasteiger partial charge is 0.0210 e. The van der Waals surface area contributed by atoms with Crippen LogP contribution in [0.4, 0.5) is 0 Å². The van der Waals surface area contributed by atoms with E-state index in [2.05, 4.69) is 41.8 Å². The molecule has 1 fully saturated rings. The monoisotopic (exact) mass is 218 g/mol. The van der Waals surface area contributed by atoms with E-state index >= 15 is 0 Å². The molecule has 1 aromatic rings. The number of rotatable bonds is 3. The minimum Gasteiger partial charge on any atom is -0.317 e. The average Bonchev–Trinajstić information content (AvgIpc) is 2.56. The van der Waals surface area contributed by atoms with Gasteiger partial charge in [-0.05, 0) is 50.4 Å². The summed E-state index contributed by atoms with van der Waals surface area (Å²) in [6, 6.07) is 9.32. The van der Waals surface area contributed by atoms with Crippen LogP contribution in [0.15, 0.2) is 24.3 Å². The third kappa shape index (κ3) is 3.32. The molecule has 0 saturated carbocycles. The van der Waals surface area contributed by atoms with Gasteiger partial charge in [0.15, 0.2) is 0 Å². The zero-order valence-corrected chi connectivity index (χ0v) is 10.1. The normalized spacial score (nSPS) is 21.7. The molecule has 2 heteroatoms. The lowest BCUT2D eigenvalue weighted by Gasteiger charge is -2.16. The van der Waals surface area contributed by atoms with Crippen LogP contribution in [0.3, 0.4) is 0 Å². The third-order valence-corrected chi connectivity index (χ3v) is 3.42. The van der Waals surface area contributed by atoms with Crippen molar-refractivity contribution >= 4 is 0 Å². The highest BCUT2D eigenvalue weighted by atomic mass is 14.9. The Labute approximate surface area is 98.4 Å². The molecule has 88 valence electrons. The van der Waals surface area contributed by atoms with E-state index in [-0.39, 0.29) is 0 Å². The summed E-state index contributed by atoms with van der Waals surface area (Å²) in [5.41, 5.74) is 2.82. The Bertz CT molecular complexity index is 314. The Kier molecular flexibility index (Phi) is 4.37. The van der Waals surface area contributed by atoms with Crippen molar-refractivity contribution in [2.75, 3.05) is 13.1 Å². The van der Waals surface area contributed by atoms with Crippen molar-refractivity contribution in [2.45, 2.75) is 38.8 Å². The fourth-order valence-corrected chi connectivity index (χ4v) is 2.29. The largest absolute Gasteiger partial charge is 0.317 e. The summed E-state index contributed by atoms with van der Waals surface area (Å²) in [5, 5.41) is 7.13. The maximum Gasteiger partial charge on any atom is 0.0210 e. The van der Waals surface area contributed by atoms with Crippen LogP contribution in [0.1, 0.15) is 30.4 Å². The highest BCUT2D eigenvalue weighted by Crippen LogP contribution is 2.09. The molecule has 1 saturated heterocycles. The van der Waals surface area contributed by atoms with E-state index in [9.17, 15) is 0 Å². The van der Waals surface area contributed by atoms with Crippen molar-refractivity contribution in [3.63, 3.8) is 0 Å². The Morgan fingerprint density at radius 1 is 1.25 bits per heavy atom. The first kappa shape index (κ1) is 11.6. The quantitative estimate of drug-likeness (QED) is 0.813. The first-order chi connectivity index (χ1) is 7.86. The summed E-state index contributed by atoms with van der Waals surface area (Å²) in [7, 11) is 0. The maximum atomic E-state index is 3.68. The van der Waals surface area contributed by atoms with E-state index in [1.165, 1.54) is 36.9 Å². The molecule has 1 aromatic carbocycles. The van der Waals surface area contributed by atoms with Crippen molar-refractivity contribution in [1.29, 1.82) is 0 Å². The van der Waals surface area contributed by atoms with Crippen LogP contribution in [0.25, 0.3) is 0 Å². The Balaban J connectivity index is 1.84. The van der Waals surface area contributed by atoms with Crippen molar-refractivity contribution in [2.24, 2.45) is 0 Å². The molecule has 0 spiro atoms. The molecule has 0 bridgehead atoms. The minimum atomic E-state index is 0.689. The zero-order chi connectivity index (χ0) is 11.2. The van der Waals surface area contributed by atoms with Crippen molar-refractivity contribution in [3.8, 4) is 0 Å². The average molecular weight is 218 g/mol. The molecule has 1 aliphatic rings. The lowest BCUT2D eigenvalue weighted by Crippen LogP contribution is -2.29. The van der Waals surface area contributed by atoms with Gasteiger partial charge in [-0.3, -0.25) is 0 Å². The van der Waals surface area contributed by atoms with E-state index in [1.807, 2.05) is 0 Å². The number of benzene rings is 1. The van der Waals surface area contributed by atoms with Gasteiger partial charge in [-0.1, -0.05) is 24.3 Å². The molecule has 2 rings (SSSR count).